The molecule has 2 aromatic carbocycles. The Bertz CT molecular complexity index is 1510. The average Bonchev–Trinajstić information content (AvgIpc) is 3.40. The molecular weight excluding hydrogens is 510 g/mol. The molecule has 10 nitrogen and oxygen atoms in total. The number of hydrogen-bond donors (Lipinski definition) is 1. The summed E-state index contributed by atoms with van der Waals surface area (Å²) >= 11 is 6.47. The number of ether oxygens (including phenoxy) is 3. The van der Waals surface area contributed by atoms with Crippen molar-refractivity contribution in [2.45, 2.75) is 43.4 Å². The number of rotatable bonds is 8. The largest absolute Gasteiger partial charge is 0.493 e. The molecule has 1 saturated carbocycles. The number of carboxylic acid groups (broad SMARTS) is 1. The summed E-state index contributed by atoms with van der Waals surface area (Å²) in [7, 11) is 3.21. The summed E-state index contributed by atoms with van der Waals surface area (Å²) < 4.78 is 20.3. The molecule has 3 heterocycles. The van der Waals surface area contributed by atoms with Crippen LogP contribution < -0.4 is 9.47 Å². The maximum atomic E-state index is 11.7. The van der Waals surface area contributed by atoms with Crippen LogP contribution in [-0.2, 0) is 21.5 Å². The lowest BCUT2D eigenvalue weighted by Crippen LogP contribution is -2.21. The zero-order valence-electron chi connectivity index (χ0n) is 20.9. The van der Waals surface area contributed by atoms with Crippen LogP contribution in [0.2, 0.25) is 5.02 Å². The molecule has 1 N–H and O–H groups in total. The summed E-state index contributed by atoms with van der Waals surface area (Å²) in [5.41, 5.74) is 2.61. The second kappa shape index (κ2) is 9.45. The van der Waals surface area contributed by atoms with Crippen LogP contribution in [0, 0.1) is 0 Å². The molecule has 2 aliphatic rings. The van der Waals surface area contributed by atoms with Gasteiger partial charge in [0, 0.05) is 28.8 Å². The van der Waals surface area contributed by atoms with Gasteiger partial charge in [0.15, 0.2) is 17.3 Å². The van der Waals surface area contributed by atoms with Crippen molar-refractivity contribution in [1.82, 2.24) is 24.8 Å². The van der Waals surface area contributed by atoms with E-state index in [1.165, 1.54) is 4.80 Å². The number of aryl methyl sites for hydroxylation is 1. The normalized spacial score (nSPS) is 19.2. The highest BCUT2D eigenvalue weighted by atomic mass is 35.5. The molecule has 11 heteroatoms. The van der Waals surface area contributed by atoms with Gasteiger partial charge in [-0.15, -0.1) is 10.2 Å². The lowest BCUT2D eigenvalue weighted by atomic mass is 9.98. The molecule has 0 radical (unpaired) electrons. The number of aliphatic carboxylic acids is 1. The molecule has 0 unspecified atom stereocenters. The Morgan fingerprint density at radius 3 is 2.74 bits per heavy atom. The second-order valence-electron chi connectivity index (χ2n) is 9.48. The van der Waals surface area contributed by atoms with E-state index in [9.17, 15) is 9.90 Å². The van der Waals surface area contributed by atoms with E-state index in [2.05, 4.69) is 20.0 Å². The lowest BCUT2D eigenvalue weighted by molar-refractivity contribution is -0.140. The number of carbonyl (C=O) groups is 1. The molecule has 196 valence electrons. The van der Waals surface area contributed by atoms with Gasteiger partial charge in [-0.05, 0) is 54.5 Å². The maximum Gasteiger partial charge on any atom is 0.317 e. The van der Waals surface area contributed by atoms with E-state index in [4.69, 9.17) is 25.8 Å². The number of para-hydroxylation sites is 1. The van der Waals surface area contributed by atoms with Crippen LogP contribution in [0.1, 0.15) is 54.1 Å². The van der Waals surface area contributed by atoms with Crippen molar-refractivity contribution >= 4 is 17.6 Å². The monoisotopic (exact) mass is 535 g/mol. The van der Waals surface area contributed by atoms with Gasteiger partial charge in [-0.25, -0.2) is 0 Å². The third-order valence-electron chi connectivity index (χ3n) is 7.29. The Hall–Kier alpha value is -3.89. The van der Waals surface area contributed by atoms with Crippen molar-refractivity contribution in [2.75, 3.05) is 14.2 Å². The first-order valence-electron chi connectivity index (χ1n) is 12.3. The van der Waals surface area contributed by atoms with E-state index in [1.807, 2.05) is 54.7 Å². The van der Waals surface area contributed by atoms with Crippen molar-refractivity contribution in [2.24, 2.45) is 0 Å². The van der Waals surface area contributed by atoms with Gasteiger partial charge < -0.3 is 23.9 Å². The highest BCUT2D eigenvalue weighted by Crippen LogP contribution is 2.47. The third-order valence-corrected chi connectivity index (χ3v) is 7.52. The summed E-state index contributed by atoms with van der Waals surface area (Å²) in [5, 5.41) is 22.7. The molecule has 0 saturated heterocycles. The summed E-state index contributed by atoms with van der Waals surface area (Å²) in [6.45, 7) is 0.387. The molecule has 38 heavy (non-hydrogen) atoms. The number of halogens is 1. The van der Waals surface area contributed by atoms with E-state index >= 15 is 0 Å². The van der Waals surface area contributed by atoms with Crippen molar-refractivity contribution in [3.63, 3.8) is 0 Å². The van der Waals surface area contributed by atoms with Crippen molar-refractivity contribution in [1.29, 1.82) is 0 Å². The SMILES string of the molecule is COc1cccc([C@H]2O[C@H](CCn3nnc(C4(C(=O)O)CC4)n3)c3cccn3-c3ccc(Cl)cc32)c1OC. The van der Waals surface area contributed by atoms with E-state index in [0.29, 0.717) is 42.3 Å². The first-order chi connectivity index (χ1) is 18.4. The second-order valence-corrected chi connectivity index (χ2v) is 9.92. The fourth-order valence-corrected chi connectivity index (χ4v) is 5.31. The third kappa shape index (κ3) is 4.00. The Morgan fingerprint density at radius 1 is 1.16 bits per heavy atom. The van der Waals surface area contributed by atoms with Crippen LogP contribution >= 0.6 is 11.6 Å². The number of methoxy groups -OCH3 is 2. The summed E-state index contributed by atoms with van der Waals surface area (Å²) in [4.78, 5) is 13.1. The maximum absolute atomic E-state index is 11.7. The van der Waals surface area contributed by atoms with Gasteiger partial charge in [0.1, 0.15) is 17.6 Å². The zero-order valence-corrected chi connectivity index (χ0v) is 21.6. The van der Waals surface area contributed by atoms with Crippen molar-refractivity contribution in [3.8, 4) is 17.2 Å². The highest BCUT2D eigenvalue weighted by Gasteiger charge is 2.55. The molecular formula is C27H26ClN5O5. The Labute approximate surface area is 223 Å². The molecule has 0 bridgehead atoms. The van der Waals surface area contributed by atoms with E-state index in [1.54, 1.807) is 14.2 Å². The first kappa shape index (κ1) is 24.4. The molecule has 2 atom stereocenters. The van der Waals surface area contributed by atoms with Crippen molar-refractivity contribution < 1.29 is 24.1 Å². The van der Waals surface area contributed by atoms with Crippen LogP contribution in [0.25, 0.3) is 5.69 Å². The quantitative estimate of drug-likeness (QED) is 0.351. The number of fused-ring (bicyclic) bond motifs is 3. The molecule has 1 aliphatic heterocycles. The Balaban J connectivity index is 1.38. The standard InChI is InChI=1S/C27H26ClN5O5/c1-36-22-7-3-5-17(24(22)37-2)23-18-15-16(28)8-9-19(18)32-13-4-6-20(32)21(38-23)10-14-33-30-25(29-31-33)27(11-12-27)26(34)35/h3-9,13,15,21,23H,10-12,14H2,1-2H3,(H,34,35)/t21-,23-/m1/s1. The van der Waals surface area contributed by atoms with Gasteiger partial charge in [0.2, 0.25) is 0 Å². The van der Waals surface area contributed by atoms with Crippen LogP contribution in [0.3, 0.4) is 0 Å². The van der Waals surface area contributed by atoms with Crippen LogP contribution in [-0.4, -0.2) is 50.1 Å². The lowest BCUT2D eigenvalue weighted by Gasteiger charge is -2.25. The number of hydrogen-bond acceptors (Lipinski definition) is 7. The smallest absolute Gasteiger partial charge is 0.317 e. The van der Waals surface area contributed by atoms with Crippen LogP contribution in [0.5, 0.6) is 11.5 Å². The number of benzene rings is 2. The number of nitrogens with zero attached hydrogens (tertiary/aromatic N) is 5. The first-order valence-corrected chi connectivity index (χ1v) is 12.7. The Kier molecular flexibility index (Phi) is 6.08. The van der Waals surface area contributed by atoms with Crippen LogP contribution in [0.4, 0.5) is 0 Å². The predicted molar refractivity (Wildman–Crippen MR) is 137 cm³/mol. The number of carboxylic acids is 1. The number of tetrazole rings is 1. The minimum atomic E-state index is -0.999. The molecule has 0 amide bonds. The minimum Gasteiger partial charge on any atom is -0.493 e. The number of aromatic nitrogens is 5. The fraction of sp³-hybridized carbons (Fsp3) is 0.333. The topological polar surface area (TPSA) is 114 Å². The summed E-state index contributed by atoms with van der Waals surface area (Å²) in [5.74, 6) is 0.538. The van der Waals surface area contributed by atoms with Gasteiger partial charge in [-0.1, -0.05) is 23.7 Å². The average molecular weight is 536 g/mol. The van der Waals surface area contributed by atoms with Crippen molar-refractivity contribution in [3.05, 3.63) is 82.4 Å². The van der Waals surface area contributed by atoms with Gasteiger partial charge >= 0.3 is 5.97 Å². The van der Waals surface area contributed by atoms with Gasteiger partial charge in [-0.2, -0.15) is 4.80 Å². The molecule has 1 fully saturated rings. The van der Waals surface area contributed by atoms with E-state index < -0.39 is 17.5 Å². The molecule has 2 aromatic heterocycles. The van der Waals surface area contributed by atoms with Gasteiger partial charge in [-0.3, -0.25) is 4.79 Å². The highest BCUT2D eigenvalue weighted by molar-refractivity contribution is 6.30. The van der Waals surface area contributed by atoms with E-state index in [0.717, 1.165) is 22.5 Å². The minimum absolute atomic E-state index is 0.260. The van der Waals surface area contributed by atoms with Gasteiger partial charge in [0.25, 0.3) is 0 Å². The Morgan fingerprint density at radius 2 is 2.00 bits per heavy atom. The van der Waals surface area contributed by atoms with Crippen LogP contribution in [0.15, 0.2) is 54.7 Å². The summed E-state index contributed by atoms with van der Waals surface area (Å²) in [6.07, 6.45) is 2.69. The predicted octanol–water partition coefficient (Wildman–Crippen LogP) is 4.50. The summed E-state index contributed by atoms with van der Waals surface area (Å²) in [6, 6.07) is 15.5. The van der Waals surface area contributed by atoms with Gasteiger partial charge in [0.05, 0.1) is 32.1 Å². The molecule has 4 aromatic rings. The molecule has 6 rings (SSSR count). The fourth-order valence-electron chi connectivity index (χ4n) is 5.13. The zero-order chi connectivity index (χ0) is 26.4. The van der Waals surface area contributed by atoms with E-state index in [-0.39, 0.29) is 11.9 Å². The molecule has 0 spiro atoms. The molecule has 1 aliphatic carbocycles.